The van der Waals surface area contributed by atoms with E-state index >= 15 is 0 Å². The van der Waals surface area contributed by atoms with Crippen LogP contribution in [0.5, 0.6) is 5.75 Å². The van der Waals surface area contributed by atoms with Gasteiger partial charge >= 0.3 is 5.97 Å². The van der Waals surface area contributed by atoms with Crippen LogP contribution < -0.4 is 10.1 Å². The Kier molecular flexibility index (Phi) is 3.42. The maximum absolute atomic E-state index is 11.4. The van der Waals surface area contributed by atoms with E-state index < -0.39 is 5.97 Å². The minimum absolute atomic E-state index is 0.0569. The number of aromatic carboxylic acids is 1. The van der Waals surface area contributed by atoms with Crippen molar-refractivity contribution in [2.45, 2.75) is 0 Å². The number of hydrogen-bond donors (Lipinski definition) is 3. The van der Waals surface area contributed by atoms with Crippen LogP contribution in [0.3, 0.4) is 0 Å². The number of rotatable bonds is 4. The summed E-state index contributed by atoms with van der Waals surface area (Å²) < 4.78 is 5.15. The highest BCUT2D eigenvalue weighted by Gasteiger charge is 2.18. The monoisotopic (exact) mass is 335 g/mol. The molecule has 3 N–H and O–H groups in total. The molecule has 0 aliphatic rings. The number of benzene rings is 1. The van der Waals surface area contributed by atoms with Gasteiger partial charge in [-0.05, 0) is 30.3 Å². The lowest BCUT2D eigenvalue weighted by Crippen LogP contribution is -2.00. The Morgan fingerprint density at radius 2 is 1.96 bits per heavy atom. The first-order valence-corrected chi connectivity index (χ1v) is 7.43. The second kappa shape index (κ2) is 5.75. The third-order valence-corrected chi connectivity index (χ3v) is 3.86. The summed E-state index contributed by atoms with van der Waals surface area (Å²) in [5.41, 5.74) is 1.49. The number of aromatic nitrogens is 4. The SMILES string of the molecule is COc1ccc(Nc2nc3c(C(=O)O)[nH]nc3c3cnccc23)cc1. The lowest BCUT2D eigenvalue weighted by Gasteiger charge is -2.10. The highest BCUT2D eigenvalue weighted by Crippen LogP contribution is 2.31. The maximum atomic E-state index is 11.4. The zero-order valence-electron chi connectivity index (χ0n) is 13.1. The standard InChI is InChI=1S/C17H13N5O3/c1-25-10-4-2-9(3-5-10)19-16-11-6-7-18-8-12(11)13-14(20-16)15(17(23)24)22-21-13/h2-8H,1H3,(H,19,20)(H,21,22)(H,23,24). The van der Waals surface area contributed by atoms with Gasteiger partial charge in [0.25, 0.3) is 0 Å². The Morgan fingerprint density at radius 3 is 2.68 bits per heavy atom. The summed E-state index contributed by atoms with van der Waals surface area (Å²) in [6.07, 6.45) is 3.30. The molecule has 1 aromatic carbocycles. The van der Waals surface area contributed by atoms with Crippen molar-refractivity contribution < 1.29 is 14.6 Å². The van der Waals surface area contributed by atoms with Gasteiger partial charge in [-0.2, -0.15) is 5.10 Å². The number of aromatic amines is 1. The largest absolute Gasteiger partial charge is 0.497 e. The van der Waals surface area contributed by atoms with Gasteiger partial charge in [-0.1, -0.05) is 0 Å². The lowest BCUT2D eigenvalue weighted by atomic mass is 10.1. The number of carboxylic acids is 1. The zero-order valence-corrected chi connectivity index (χ0v) is 13.1. The van der Waals surface area contributed by atoms with Gasteiger partial charge in [0, 0.05) is 28.9 Å². The fourth-order valence-electron chi connectivity index (χ4n) is 2.65. The van der Waals surface area contributed by atoms with Crippen LogP contribution in [0, 0.1) is 0 Å². The van der Waals surface area contributed by atoms with Crippen molar-refractivity contribution in [1.29, 1.82) is 0 Å². The van der Waals surface area contributed by atoms with Crippen molar-refractivity contribution in [2.24, 2.45) is 0 Å². The molecule has 3 aromatic heterocycles. The molecule has 8 nitrogen and oxygen atoms in total. The molecule has 25 heavy (non-hydrogen) atoms. The third-order valence-electron chi connectivity index (χ3n) is 3.86. The van der Waals surface area contributed by atoms with Gasteiger partial charge in [-0.3, -0.25) is 10.1 Å². The number of methoxy groups -OCH3 is 1. The van der Waals surface area contributed by atoms with Crippen molar-refractivity contribution in [3.63, 3.8) is 0 Å². The predicted octanol–water partition coefficient (Wildman–Crippen LogP) is 2.96. The van der Waals surface area contributed by atoms with E-state index in [2.05, 4.69) is 25.5 Å². The number of H-pyrrole nitrogens is 1. The molecule has 0 aliphatic carbocycles. The first-order valence-electron chi connectivity index (χ1n) is 7.43. The molecule has 0 saturated heterocycles. The molecule has 124 valence electrons. The number of anilines is 2. The highest BCUT2D eigenvalue weighted by atomic mass is 16.5. The summed E-state index contributed by atoms with van der Waals surface area (Å²) in [5.74, 6) is 0.152. The average Bonchev–Trinajstić information content (AvgIpc) is 3.07. The first kappa shape index (κ1) is 14.9. The van der Waals surface area contributed by atoms with Crippen molar-refractivity contribution in [2.75, 3.05) is 12.4 Å². The van der Waals surface area contributed by atoms with E-state index in [4.69, 9.17) is 4.74 Å². The molecular formula is C17H13N5O3. The van der Waals surface area contributed by atoms with Crippen LogP contribution in [0.15, 0.2) is 42.7 Å². The number of fused-ring (bicyclic) bond motifs is 3. The van der Waals surface area contributed by atoms with Crippen molar-refractivity contribution in [1.82, 2.24) is 20.2 Å². The smallest absolute Gasteiger partial charge is 0.356 e. The van der Waals surface area contributed by atoms with Crippen LogP contribution in [0.1, 0.15) is 10.5 Å². The molecule has 4 rings (SSSR count). The molecule has 0 amide bonds. The number of nitrogens with zero attached hydrogens (tertiary/aromatic N) is 3. The van der Waals surface area contributed by atoms with Crippen LogP contribution in [-0.2, 0) is 0 Å². The summed E-state index contributed by atoms with van der Waals surface area (Å²) in [6, 6.07) is 9.16. The van der Waals surface area contributed by atoms with Gasteiger partial charge in [0.15, 0.2) is 5.69 Å². The van der Waals surface area contributed by atoms with Crippen LogP contribution in [0.4, 0.5) is 11.5 Å². The summed E-state index contributed by atoms with van der Waals surface area (Å²) in [7, 11) is 1.60. The minimum atomic E-state index is -1.12. The van der Waals surface area contributed by atoms with Crippen LogP contribution in [0.2, 0.25) is 0 Å². The van der Waals surface area contributed by atoms with E-state index in [-0.39, 0.29) is 11.2 Å². The topological polar surface area (TPSA) is 113 Å². The van der Waals surface area contributed by atoms with Gasteiger partial charge < -0.3 is 15.2 Å². The van der Waals surface area contributed by atoms with Gasteiger partial charge in [-0.15, -0.1) is 0 Å². The fourth-order valence-corrected chi connectivity index (χ4v) is 2.65. The van der Waals surface area contributed by atoms with Gasteiger partial charge in [0.05, 0.1) is 7.11 Å². The normalized spacial score (nSPS) is 10.9. The summed E-state index contributed by atoms with van der Waals surface area (Å²) in [6.45, 7) is 0. The summed E-state index contributed by atoms with van der Waals surface area (Å²) >= 11 is 0. The molecule has 0 aliphatic heterocycles. The molecule has 0 saturated carbocycles. The van der Waals surface area contributed by atoms with Crippen LogP contribution in [-0.4, -0.2) is 38.4 Å². The van der Waals surface area contributed by atoms with Crippen molar-refractivity contribution >= 4 is 39.3 Å². The number of carbonyl (C=O) groups is 1. The molecule has 3 heterocycles. The number of nitrogens with one attached hydrogen (secondary N) is 2. The van der Waals surface area contributed by atoms with Crippen LogP contribution in [0.25, 0.3) is 21.8 Å². The number of hydrogen-bond acceptors (Lipinski definition) is 6. The molecule has 8 heteroatoms. The number of carboxylic acid groups (broad SMARTS) is 1. The number of pyridine rings is 2. The van der Waals surface area contributed by atoms with Gasteiger partial charge in [-0.25, -0.2) is 9.78 Å². The van der Waals surface area contributed by atoms with E-state index in [9.17, 15) is 9.90 Å². The molecule has 4 aromatic rings. The second-order valence-electron chi connectivity index (χ2n) is 5.34. The van der Waals surface area contributed by atoms with Gasteiger partial charge in [0.1, 0.15) is 22.6 Å². The second-order valence-corrected chi connectivity index (χ2v) is 5.34. The Morgan fingerprint density at radius 1 is 1.16 bits per heavy atom. The van der Waals surface area contributed by atoms with Gasteiger partial charge in [0.2, 0.25) is 0 Å². The quantitative estimate of drug-likeness (QED) is 0.525. The third kappa shape index (κ3) is 2.49. The predicted molar refractivity (Wildman–Crippen MR) is 92.4 cm³/mol. The molecule has 0 radical (unpaired) electrons. The molecule has 0 unspecified atom stereocenters. The van der Waals surface area contributed by atoms with E-state index in [0.29, 0.717) is 16.7 Å². The van der Waals surface area contributed by atoms with Crippen molar-refractivity contribution in [3.8, 4) is 5.75 Å². The Balaban J connectivity index is 1.90. The summed E-state index contributed by atoms with van der Waals surface area (Å²) in [4.78, 5) is 20.0. The molecule has 0 fully saturated rings. The van der Waals surface area contributed by atoms with E-state index in [1.807, 2.05) is 30.3 Å². The Hall–Kier alpha value is -3.68. The lowest BCUT2D eigenvalue weighted by molar-refractivity contribution is 0.0692. The Labute approximate surface area is 141 Å². The zero-order chi connectivity index (χ0) is 17.4. The molecular weight excluding hydrogens is 322 g/mol. The summed E-state index contributed by atoms with van der Waals surface area (Å²) in [5, 5.41) is 20.7. The maximum Gasteiger partial charge on any atom is 0.356 e. The molecule has 0 atom stereocenters. The Bertz CT molecular complexity index is 1090. The van der Waals surface area contributed by atoms with E-state index in [1.54, 1.807) is 19.5 Å². The highest BCUT2D eigenvalue weighted by molar-refractivity contribution is 6.12. The minimum Gasteiger partial charge on any atom is -0.497 e. The van der Waals surface area contributed by atoms with Crippen molar-refractivity contribution in [3.05, 3.63) is 48.4 Å². The van der Waals surface area contributed by atoms with E-state index in [1.165, 1.54) is 0 Å². The van der Waals surface area contributed by atoms with Crippen LogP contribution >= 0.6 is 0 Å². The van der Waals surface area contributed by atoms with E-state index in [0.717, 1.165) is 16.8 Å². The first-order chi connectivity index (χ1) is 12.2. The molecule has 0 spiro atoms. The average molecular weight is 335 g/mol. The fraction of sp³-hybridized carbons (Fsp3) is 0.0588. The number of ether oxygens (including phenoxy) is 1. The molecule has 0 bridgehead atoms.